The Labute approximate surface area is 649 Å². The maximum absolute atomic E-state index is 13.6. The van der Waals surface area contributed by atoms with Crippen LogP contribution in [0.2, 0.25) is 0 Å². The van der Waals surface area contributed by atoms with Crippen LogP contribution in [-0.4, -0.2) is 108 Å². The van der Waals surface area contributed by atoms with E-state index < -0.39 is 35.0 Å². The van der Waals surface area contributed by atoms with Crippen LogP contribution in [0.4, 0.5) is 0 Å². The lowest BCUT2D eigenvalue weighted by Crippen LogP contribution is -2.44. The molecule has 2 atom stereocenters. The fourth-order valence-electron chi connectivity index (χ4n) is 15.0. The number of aryl methyl sites for hydroxylation is 2. The standard InChI is InChI=1S/C40H42N2O10.C34H39NO7.C8H19N.C3H8.CH2Cl2/c1-3-26-27-17-25(52-37(47)11-9-7-5-6-8-10-24(43)20-41-36(46)18-29-34(44)14-15-35(29)45)13-12-23(27)16-28-30(26)21-42-33(28)19-32-31(38(42)48)22-51-39(49)40(32,50)4-2;1-4-22(36)12-10-8-7-9-11-13-31(37)42-23-15-14-21-16-26-27(24(5-2)25(21)17-23)19-35-30(26)18-29-28(32(35)38)20-41-33(39)34(29,40)6-3;1-6-9(7(2)3)8(4)5;1-3-2;2-1-3/h12-17,19,29,50H,3-11,18,20-22H2,1-2H3,(H,41,46);14-18,40H,4-13,19-20H2,1-3H3;7-8H,6H2,1-5H3;3H2,1-2H3;1H2/t40-;34-;;;/m00.../s1. The summed E-state index contributed by atoms with van der Waals surface area (Å²) in [7, 11) is 0. The normalized spacial score (nSPS) is 16.2. The number of cyclic esters (lactones) is 2. The molecule has 1 aliphatic carbocycles. The van der Waals surface area contributed by atoms with Crippen molar-refractivity contribution in [2.24, 2.45) is 5.92 Å². The molecule has 109 heavy (non-hydrogen) atoms. The second-order valence-corrected chi connectivity index (χ2v) is 29.7. The van der Waals surface area contributed by atoms with Crippen molar-refractivity contribution in [2.45, 2.75) is 268 Å². The van der Waals surface area contributed by atoms with Gasteiger partial charge in [-0.05, 0) is 190 Å². The maximum Gasteiger partial charge on any atom is 0.343 e. The molecule has 0 radical (unpaired) electrons. The lowest BCUT2D eigenvalue weighted by Gasteiger charge is -2.31. The first-order chi connectivity index (χ1) is 52.1. The van der Waals surface area contributed by atoms with E-state index in [9.17, 15) is 63.0 Å². The third kappa shape index (κ3) is 21.2. The van der Waals surface area contributed by atoms with Crippen LogP contribution in [0.3, 0.4) is 0 Å². The number of hydrogen-bond donors (Lipinski definition) is 3. The van der Waals surface area contributed by atoms with Crippen LogP contribution in [0.5, 0.6) is 11.5 Å². The number of aromatic nitrogens is 2. The summed E-state index contributed by atoms with van der Waals surface area (Å²) in [6.45, 7) is 26.2. The molecule has 0 bridgehead atoms. The van der Waals surface area contributed by atoms with Gasteiger partial charge >= 0.3 is 23.9 Å². The van der Waals surface area contributed by atoms with E-state index in [1.807, 2.05) is 50.2 Å². The quantitative estimate of drug-likeness (QED) is 0.0124. The second-order valence-electron chi connectivity index (χ2n) is 28.9. The fraction of sp³-hybridized carbons (Fsp3) is 0.523. The monoisotopic (exact) mass is 1540 g/mol. The molecule has 0 fully saturated rings. The second kappa shape index (κ2) is 41.0. The number of alkyl halides is 2. The number of benzene rings is 4. The van der Waals surface area contributed by atoms with Crippen molar-refractivity contribution in [3.63, 3.8) is 0 Å². The topological polar surface area (TPSA) is 290 Å². The summed E-state index contributed by atoms with van der Waals surface area (Å²) in [6, 6.07) is 20.0. The minimum Gasteiger partial charge on any atom is -0.458 e. The van der Waals surface area contributed by atoms with Crippen molar-refractivity contribution < 1.29 is 72.3 Å². The van der Waals surface area contributed by atoms with Gasteiger partial charge in [0, 0.05) is 72.9 Å². The number of carbonyl (C=O) groups excluding carboxylic acids is 9. The van der Waals surface area contributed by atoms with Crippen LogP contribution in [-0.2, 0) is 103 Å². The number of amides is 1. The van der Waals surface area contributed by atoms with E-state index in [4.69, 9.17) is 42.1 Å². The lowest BCUT2D eigenvalue weighted by atomic mass is 9.85. The van der Waals surface area contributed by atoms with Gasteiger partial charge in [0.1, 0.15) is 30.5 Å². The maximum atomic E-state index is 13.6. The van der Waals surface area contributed by atoms with Gasteiger partial charge in [0.25, 0.3) is 11.1 Å². The molecule has 0 saturated heterocycles. The van der Waals surface area contributed by atoms with Crippen molar-refractivity contribution in [3.05, 3.63) is 138 Å². The first kappa shape index (κ1) is 87.8. The Morgan fingerprint density at radius 2 is 0.936 bits per heavy atom. The Hall–Kier alpha value is -8.47. The fourth-order valence-corrected chi connectivity index (χ4v) is 15.0. The Balaban J connectivity index is 0.000000259. The molecule has 4 aromatic carbocycles. The van der Waals surface area contributed by atoms with E-state index in [1.165, 1.54) is 18.6 Å². The molecule has 590 valence electrons. The van der Waals surface area contributed by atoms with Crippen molar-refractivity contribution in [1.82, 2.24) is 19.4 Å². The Bertz CT molecular complexity index is 4470. The first-order valence-corrected chi connectivity index (χ1v) is 40.0. The number of ether oxygens (including phenoxy) is 4. The number of nitrogens with one attached hydrogen (secondary N) is 1. The molecular weight excluding hydrogens is 1430 g/mol. The van der Waals surface area contributed by atoms with E-state index in [-0.39, 0.29) is 91.2 Å². The first-order valence-electron chi connectivity index (χ1n) is 38.9. The van der Waals surface area contributed by atoms with Crippen LogP contribution in [0, 0.1) is 5.92 Å². The number of carbonyl (C=O) groups is 9. The third-order valence-corrected chi connectivity index (χ3v) is 20.8. The molecule has 2 aromatic heterocycles. The molecule has 6 aromatic rings. The van der Waals surface area contributed by atoms with Gasteiger partial charge in [-0.25, -0.2) is 9.59 Å². The summed E-state index contributed by atoms with van der Waals surface area (Å²) >= 11 is 9.53. The number of pyridine rings is 2. The van der Waals surface area contributed by atoms with Gasteiger partial charge in [0.15, 0.2) is 28.6 Å². The summed E-state index contributed by atoms with van der Waals surface area (Å²) in [6.07, 6.45) is 15.3. The predicted octanol–water partition coefficient (Wildman–Crippen LogP) is 15.1. The number of fused-ring (bicyclic) bond motifs is 10. The molecule has 21 nitrogen and oxygen atoms in total. The molecular formula is C86H110Cl2N4O17. The van der Waals surface area contributed by atoms with E-state index in [1.54, 1.807) is 47.2 Å². The average Bonchev–Trinajstić information content (AvgIpc) is 1.62. The number of Topliss-reactive ketones (excluding diaryl/α,β-unsaturated/α-hetero) is 2. The molecule has 23 heteroatoms. The molecule has 0 unspecified atom stereocenters. The van der Waals surface area contributed by atoms with Crippen molar-refractivity contribution in [3.8, 4) is 34.0 Å². The summed E-state index contributed by atoms with van der Waals surface area (Å²) in [4.78, 5) is 139. The van der Waals surface area contributed by atoms with Crippen molar-refractivity contribution in [2.75, 3.05) is 18.4 Å². The number of hydrogen-bond acceptors (Lipinski definition) is 18. The molecule has 5 aliphatic rings. The number of aliphatic hydroxyl groups is 2. The highest BCUT2D eigenvalue weighted by Gasteiger charge is 2.47. The zero-order valence-electron chi connectivity index (χ0n) is 65.6. The summed E-state index contributed by atoms with van der Waals surface area (Å²) in [5.74, 6) is -3.23. The minimum atomic E-state index is -1.88. The number of nitrogens with zero attached hydrogens (tertiary/aromatic N) is 3. The number of ketones is 4. The average molecular weight is 1540 g/mol. The molecule has 0 saturated carbocycles. The highest BCUT2D eigenvalue weighted by molar-refractivity contribution is 6.40. The van der Waals surface area contributed by atoms with E-state index >= 15 is 0 Å². The van der Waals surface area contributed by atoms with Gasteiger partial charge in [-0.3, -0.25) is 48.1 Å². The Morgan fingerprint density at radius 3 is 1.29 bits per heavy atom. The Kier molecular flexibility index (Phi) is 33.0. The van der Waals surface area contributed by atoms with Crippen LogP contribution >= 0.6 is 23.2 Å². The van der Waals surface area contributed by atoms with E-state index in [0.717, 1.165) is 113 Å². The number of halogens is 2. The summed E-state index contributed by atoms with van der Waals surface area (Å²) < 4.78 is 25.1. The van der Waals surface area contributed by atoms with Gasteiger partial charge in [0.05, 0.1) is 53.4 Å². The van der Waals surface area contributed by atoms with Gasteiger partial charge in [-0.1, -0.05) is 112 Å². The van der Waals surface area contributed by atoms with Crippen molar-refractivity contribution >= 4 is 97.7 Å². The van der Waals surface area contributed by atoms with E-state index in [2.05, 4.69) is 65.6 Å². The molecule has 11 rings (SSSR count). The molecule has 3 N–H and O–H groups in total. The van der Waals surface area contributed by atoms with Crippen LogP contribution in [0.15, 0.2) is 82.4 Å². The molecule has 6 heterocycles. The molecule has 0 spiro atoms. The SMILES string of the molecule is CCC.CCC(=O)CCCCCCCC(=O)Oc1ccc2cc3c(c(CC)c2c1)Cn1c-3cc2c(c1=O)COC(=O)[C@]2(O)CC.CCN(C(C)C)C(C)C.CCc1c2c(cc3ccc(OC(=O)CCCCCCCC(=O)CNC(=O)CC4C(=O)C=CC4=O)cc13)-c1cc3c(c(=O)n1C2)COC(=O)[C@]3(O)CC.ClCCl. The molecule has 4 aliphatic heterocycles. The van der Waals surface area contributed by atoms with Crippen molar-refractivity contribution in [1.29, 1.82) is 0 Å². The van der Waals surface area contributed by atoms with Gasteiger partial charge in [-0.15, -0.1) is 23.2 Å². The molecule has 1 amide bonds. The largest absolute Gasteiger partial charge is 0.458 e. The number of allylic oxidation sites excluding steroid dienone is 2. The predicted molar refractivity (Wildman–Crippen MR) is 424 cm³/mol. The Morgan fingerprint density at radius 1 is 0.550 bits per heavy atom. The number of esters is 4. The van der Waals surface area contributed by atoms with E-state index in [0.29, 0.717) is 127 Å². The lowest BCUT2D eigenvalue weighted by molar-refractivity contribution is -0.172. The van der Waals surface area contributed by atoms with Crippen LogP contribution < -0.4 is 25.9 Å². The van der Waals surface area contributed by atoms with Gasteiger partial charge in [-0.2, -0.15) is 0 Å². The highest BCUT2D eigenvalue weighted by Crippen LogP contribution is 2.45. The number of unbranched alkanes of at least 4 members (excludes halogenated alkanes) is 8. The van der Waals surface area contributed by atoms with Gasteiger partial charge < -0.3 is 43.6 Å². The number of rotatable bonds is 30. The smallest absolute Gasteiger partial charge is 0.343 e. The summed E-state index contributed by atoms with van der Waals surface area (Å²) in [5, 5.41) is 28.7. The van der Waals surface area contributed by atoms with Crippen LogP contribution in [0.1, 0.15) is 250 Å². The summed E-state index contributed by atoms with van der Waals surface area (Å²) in [5.41, 5.74) is 4.17. The highest BCUT2D eigenvalue weighted by atomic mass is 35.5. The minimum absolute atomic E-state index is 0.0808. The van der Waals surface area contributed by atoms with Gasteiger partial charge in [0.2, 0.25) is 5.91 Å². The zero-order valence-corrected chi connectivity index (χ0v) is 67.1. The third-order valence-electron chi connectivity index (χ3n) is 20.8. The van der Waals surface area contributed by atoms with Crippen LogP contribution in [0.25, 0.3) is 44.1 Å². The zero-order chi connectivity index (χ0) is 80.0.